The summed E-state index contributed by atoms with van der Waals surface area (Å²) >= 11 is 6.34. The van der Waals surface area contributed by atoms with Gasteiger partial charge in [-0.2, -0.15) is 0 Å². The molecule has 7 heteroatoms. The third-order valence-corrected chi connectivity index (χ3v) is 4.95. The maximum Gasteiger partial charge on any atom is 0.499 e. The molecule has 0 atom stereocenters. The van der Waals surface area contributed by atoms with Crippen molar-refractivity contribution >= 4 is 30.1 Å². The lowest BCUT2D eigenvalue weighted by molar-refractivity contribution is 0.00578. The largest absolute Gasteiger partial charge is 0.499 e. The Balaban J connectivity index is 1.84. The van der Waals surface area contributed by atoms with Crippen molar-refractivity contribution in [3.63, 3.8) is 0 Å². The zero-order chi connectivity index (χ0) is 15.3. The van der Waals surface area contributed by atoms with E-state index in [0.29, 0.717) is 16.6 Å². The quantitative estimate of drug-likeness (QED) is 0.618. The van der Waals surface area contributed by atoms with E-state index in [1.807, 2.05) is 27.7 Å². The maximum absolute atomic E-state index is 6.34. The molecule has 2 saturated heterocycles. The highest BCUT2D eigenvalue weighted by atomic mass is 35.5. The molecule has 0 unspecified atom stereocenters. The van der Waals surface area contributed by atoms with Gasteiger partial charge in [0, 0.05) is 24.7 Å². The highest BCUT2D eigenvalue weighted by Crippen LogP contribution is 2.36. The molecule has 0 spiro atoms. The smallest absolute Gasteiger partial charge is 0.399 e. The summed E-state index contributed by atoms with van der Waals surface area (Å²) < 4.78 is 12.0. The Hall–Kier alpha value is -0.845. The Morgan fingerprint density at radius 3 is 2.24 bits per heavy atom. The second-order valence-electron chi connectivity index (χ2n) is 6.70. The van der Waals surface area contributed by atoms with E-state index in [1.165, 1.54) is 12.8 Å². The third kappa shape index (κ3) is 2.65. The molecule has 3 heterocycles. The number of hydrogen-bond donors (Lipinski definition) is 0. The standard InChI is InChI=1S/C14H21BClN3O2/c1-13(2)14(3,4)21-15(20-13)10-9-17-12(18-11(10)16)19-7-5-6-8-19/h9H,5-8H2,1-4H3. The lowest BCUT2D eigenvalue weighted by atomic mass is 9.81. The summed E-state index contributed by atoms with van der Waals surface area (Å²) in [4.78, 5) is 11.0. The molecule has 0 aliphatic carbocycles. The fourth-order valence-electron chi connectivity index (χ4n) is 2.56. The summed E-state index contributed by atoms with van der Waals surface area (Å²) in [7, 11) is -0.518. The van der Waals surface area contributed by atoms with Crippen molar-refractivity contribution in [3.8, 4) is 0 Å². The molecule has 0 radical (unpaired) electrons. The van der Waals surface area contributed by atoms with Gasteiger partial charge in [-0.1, -0.05) is 11.6 Å². The average Bonchev–Trinajstić information content (AvgIpc) is 2.96. The van der Waals surface area contributed by atoms with Crippen molar-refractivity contribution in [1.29, 1.82) is 0 Å². The molecule has 0 bridgehead atoms. The summed E-state index contributed by atoms with van der Waals surface area (Å²) in [6.07, 6.45) is 4.09. The molecule has 2 aliphatic rings. The van der Waals surface area contributed by atoms with Gasteiger partial charge in [0.15, 0.2) is 0 Å². The molecular weight excluding hydrogens is 288 g/mol. The third-order valence-electron chi connectivity index (χ3n) is 4.65. The topological polar surface area (TPSA) is 47.5 Å². The van der Waals surface area contributed by atoms with Crippen LogP contribution in [0.4, 0.5) is 5.95 Å². The zero-order valence-electron chi connectivity index (χ0n) is 13.0. The zero-order valence-corrected chi connectivity index (χ0v) is 13.8. The minimum Gasteiger partial charge on any atom is -0.399 e. The van der Waals surface area contributed by atoms with Gasteiger partial charge in [0.2, 0.25) is 5.95 Å². The summed E-state index contributed by atoms with van der Waals surface area (Å²) in [5, 5.41) is 0.408. The van der Waals surface area contributed by atoms with E-state index < -0.39 is 18.3 Å². The van der Waals surface area contributed by atoms with Gasteiger partial charge in [0.1, 0.15) is 5.15 Å². The van der Waals surface area contributed by atoms with Crippen LogP contribution in [-0.2, 0) is 9.31 Å². The van der Waals surface area contributed by atoms with Crippen molar-refractivity contribution in [3.05, 3.63) is 11.3 Å². The Bertz CT molecular complexity index is 531. The molecule has 1 aromatic heterocycles. The minimum atomic E-state index is -0.518. The van der Waals surface area contributed by atoms with Crippen LogP contribution in [0.5, 0.6) is 0 Å². The normalized spacial score (nSPS) is 23.9. The highest BCUT2D eigenvalue weighted by molar-refractivity contribution is 6.65. The Labute approximate surface area is 131 Å². The fraction of sp³-hybridized carbons (Fsp3) is 0.714. The number of hydrogen-bond acceptors (Lipinski definition) is 5. The number of aromatic nitrogens is 2. The Morgan fingerprint density at radius 2 is 1.71 bits per heavy atom. The van der Waals surface area contributed by atoms with Gasteiger partial charge in [-0.15, -0.1) is 0 Å². The van der Waals surface area contributed by atoms with Crippen molar-refractivity contribution < 1.29 is 9.31 Å². The first-order valence-electron chi connectivity index (χ1n) is 7.43. The van der Waals surface area contributed by atoms with Crippen LogP contribution in [0.2, 0.25) is 5.15 Å². The monoisotopic (exact) mass is 309 g/mol. The highest BCUT2D eigenvalue weighted by Gasteiger charge is 2.52. The van der Waals surface area contributed by atoms with E-state index >= 15 is 0 Å². The lowest BCUT2D eigenvalue weighted by Crippen LogP contribution is -2.41. The van der Waals surface area contributed by atoms with E-state index in [2.05, 4.69) is 14.9 Å². The van der Waals surface area contributed by atoms with Gasteiger partial charge in [0.05, 0.1) is 11.2 Å². The number of halogens is 1. The summed E-state index contributed by atoms with van der Waals surface area (Å²) in [5.41, 5.74) is -0.0956. The number of nitrogens with zero attached hydrogens (tertiary/aromatic N) is 3. The van der Waals surface area contributed by atoms with Crippen LogP contribution < -0.4 is 10.4 Å². The predicted molar refractivity (Wildman–Crippen MR) is 84.2 cm³/mol. The lowest BCUT2D eigenvalue weighted by Gasteiger charge is -2.32. The molecular formula is C14H21BClN3O2. The second kappa shape index (κ2) is 5.11. The van der Waals surface area contributed by atoms with Crippen molar-refractivity contribution in [2.75, 3.05) is 18.0 Å². The van der Waals surface area contributed by atoms with Crippen molar-refractivity contribution in [2.24, 2.45) is 0 Å². The van der Waals surface area contributed by atoms with Gasteiger partial charge in [-0.05, 0) is 40.5 Å². The second-order valence-corrected chi connectivity index (χ2v) is 7.06. The van der Waals surface area contributed by atoms with E-state index in [0.717, 1.165) is 13.1 Å². The van der Waals surface area contributed by atoms with Crippen LogP contribution in [0, 0.1) is 0 Å². The Kier molecular flexibility index (Phi) is 3.67. The van der Waals surface area contributed by atoms with Crippen LogP contribution in [0.3, 0.4) is 0 Å². The van der Waals surface area contributed by atoms with Gasteiger partial charge in [-0.25, -0.2) is 9.97 Å². The van der Waals surface area contributed by atoms with Gasteiger partial charge in [0.25, 0.3) is 0 Å². The molecule has 3 rings (SSSR count). The summed E-state index contributed by atoms with van der Waals surface area (Å²) in [6.45, 7) is 10.0. The molecule has 2 aliphatic heterocycles. The van der Waals surface area contributed by atoms with Crippen LogP contribution in [0.15, 0.2) is 6.20 Å². The molecule has 0 N–H and O–H groups in total. The van der Waals surface area contributed by atoms with Crippen molar-refractivity contribution in [1.82, 2.24) is 9.97 Å². The van der Waals surface area contributed by atoms with Gasteiger partial charge < -0.3 is 14.2 Å². The molecule has 21 heavy (non-hydrogen) atoms. The van der Waals surface area contributed by atoms with Gasteiger partial charge in [-0.3, -0.25) is 0 Å². The number of rotatable bonds is 2. The van der Waals surface area contributed by atoms with Crippen LogP contribution in [0.25, 0.3) is 0 Å². The van der Waals surface area contributed by atoms with E-state index in [4.69, 9.17) is 20.9 Å². The summed E-state index contributed by atoms with van der Waals surface area (Å²) in [6, 6.07) is 0. The first kappa shape index (κ1) is 15.1. The number of anilines is 1. The first-order chi connectivity index (χ1) is 9.80. The molecule has 5 nitrogen and oxygen atoms in total. The van der Waals surface area contributed by atoms with E-state index in [1.54, 1.807) is 6.20 Å². The van der Waals surface area contributed by atoms with Crippen molar-refractivity contribution in [2.45, 2.75) is 51.7 Å². The Morgan fingerprint density at radius 1 is 1.14 bits per heavy atom. The van der Waals surface area contributed by atoms with Crippen LogP contribution >= 0.6 is 11.6 Å². The molecule has 2 fully saturated rings. The minimum absolute atomic E-state index is 0.394. The molecule has 0 aromatic carbocycles. The maximum atomic E-state index is 6.34. The molecule has 114 valence electrons. The van der Waals surface area contributed by atoms with Crippen LogP contribution in [0.1, 0.15) is 40.5 Å². The average molecular weight is 310 g/mol. The SMILES string of the molecule is CC1(C)OB(c2cnc(N3CCCC3)nc2Cl)OC1(C)C. The van der Waals surface area contributed by atoms with E-state index in [-0.39, 0.29) is 0 Å². The van der Waals surface area contributed by atoms with Crippen LogP contribution in [-0.4, -0.2) is 41.4 Å². The predicted octanol–water partition coefficient (Wildman–Crippen LogP) is 2.03. The van der Waals surface area contributed by atoms with E-state index in [9.17, 15) is 0 Å². The first-order valence-corrected chi connectivity index (χ1v) is 7.81. The van der Waals surface area contributed by atoms with Gasteiger partial charge >= 0.3 is 7.12 Å². The fourth-order valence-corrected chi connectivity index (χ4v) is 2.77. The molecule has 1 aromatic rings. The molecule has 0 amide bonds. The molecule has 0 saturated carbocycles. The summed E-state index contributed by atoms with van der Waals surface area (Å²) in [5.74, 6) is 0.692.